The Morgan fingerprint density at radius 1 is 1.07 bits per heavy atom. The summed E-state index contributed by atoms with van der Waals surface area (Å²) >= 11 is 0. The summed E-state index contributed by atoms with van der Waals surface area (Å²) in [5.74, 6) is 1.49. The standard InChI is InChI=1S/C20H23N5O2S/c1-28(26,27)25-8-6-24(7-9-25)19-10-15(4-5-21-19)20-17-11-18(14-2-3-14)22-12-16(17)13-23-20/h4-5,10-12,14H,2-3,6-9,13H2,1H3. The Kier molecular flexibility index (Phi) is 4.21. The molecule has 1 saturated heterocycles. The van der Waals surface area contributed by atoms with Crippen LogP contribution in [0.25, 0.3) is 0 Å². The van der Waals surface area contributed by atoms with Crippen LogP contribution in [0.3, 0.4) is 0 Å². The SMILES string of the molecule is CS(=O)(=O)N1CCN(c2cc(C3=NCc4cnc(C5CC5)cc43)ccn2)CC1. The van der Waals surface area contributed by atoms with Gasteiger partial charge in [0.25, 0.3) is 0 Å². The van der Waals surface area contributed by atoms with Crippen molar-refractivity contribution in [2.75, 3.05) is 37.3 Å². The molecule has 0 amide bonds. The van der Waals surface area contributed by atoms with E-state index in [2.05, 4.69) is 27.0 Å². The molecule has 0 aromatic carbocycles. The average Bonchev–Trinajstić information content (AvgIpc) is 3.46. The lowest BCUT2D eigenvalue weighted by Gasteiger charge is -2.34. The highest BCUT2D eigenvalue weighted by Crippen LogP contribution is 2.40. The summed E-state index contributed by atoms with van der Waals surface area (Å²) in [4.78, 5) is 16.0. The fourth-order valence-electron chi connectivity index (χ4n) is 3.93. The monoisotopic (exact) mass is 397 g/mol. The van der Waals surface area contributed by atoms with E-state index in [1.54, 1.807) is 0 Å². The maximum absolute atomic E-state index is 11.7. The number of aromatic nitrogens is 2. The number of fused-ring (bicyclic) bond motifs is 1. The number of nitrogens with zero attached hydrogens (tertiary/aromatic N) is 5. The Morgan fingerprint density at radius 3 is 2.57 bits per heavy atom. The zero-order chi connectivity index (χ0) is 19.3. The van der Waals surface area contributed by atoms with Crippen molar-refractivity contribution in [1.29, 1.82) is 0 Å². The molecule has 28 heavy (non-hydrogen) atoms. The van der Waals surface area contributed by atoms with Crippen LogP contribution in [0.15, 0.2) is 35.6 Å². The van der Waals surface area contributed by atoms with Gasteiger partial charge in [0.2, 0.25) is 10.0 Å². The van der Waals surface area contributed by atoms with E-state index < -0.39 is 10.0 Å². The van der Waals surface area contributed by atoms with Crippen molar-refractivity contribution in [2.45, 2.75) is 25.3 Å². The number of pyridine rings is 2. The lowest BCUT2D eigenvalue weighted by atomic mass is 10.0. The molecule has 1 aliphatic carbocycles. The van der Waals surface area contributed by atoms with Gasteiger partial charge in [0.15, 0.2) is 0 Å². The van der Waals surface area contributed by atoms with E-state index in [4.69, 9.17) is 4.99 Å². The summed E-state index contributed by atoms with van der Waals surface area (Å²) < 4.78 is 25.0. The minimum Gasteiger partial charge on any atom is -0.354 e. The molecule has 146 valence electrons. The van der Waals surface area contributed by atoms with Gasteiger partial charge in [-0.25, -0.2) is 13.4 Å². The second-order valence-corrected chi connectivity index (χ2v) is 9.74. The summed E-state index contributed by atoms with van der Waals surface area (Å²) in [6.45, 7) is 2.94. The number of rotatable bonds is 4. The normalized spacial score (nSPS) is 20.2. The highest BCUT2D eigenvalue weighted by atomic mass is 32.2. The first kappa shape index (κ1) is 17.8. The second-order valence-electron chi connectivity index (χ2n) is 7.76. The molecule has 2 aliphatic heterocycles. The molecule has 0 unspecified atom stereocenters. The van der Waals surface area contributed by atoms with Crippen molar-refractivity contribution < 1.29 is 8.42 Å². The van der Waals surface area contributed by atoms with Crippen molar-refractivity contribution in [3.63, 3.8) is 0 Å². The van der Waals surface area contributed by atoms with Gasteiger partial charge in [0, 0.05) is 66.9 Å². The summed E-state index contributed by atoms with van der Waals surface area (Å²) in [5.41, 5.74) is 5.62. The molecule has 8 heteroatoms. The van der Waals surface area contributed by atoms with Crippen LogP contribution in [0, 0.1) is 0 Å². The predicted octanol–water partition coefficient (Wildman–Crippen LogP) is 1.79. The number of hydrogen-bond acceptors (Lipinski definition) is 6. The Hall–Kier alpha value is -2.32. The molecule has 7 nitrogen and oxygen atoms in total. The largest absolute Gasteiger partial charge is 0.354 e. The summed E-state index contributed by atoms with van der Waals surface area (Å²) in [7, 11) is -3.13. The molecule has 5 rings (SSSR count). The van der Waals surface area contributed by atoms with Gasteiger partial charge in [-0.2, -0.15) is 4.31 Å². The van der Waals surface area contributed by atoms with Crippen molar-refractivity contribution >= 4 is 21.6 Å². The third-order valence-corrected chi connectivity index (χ3v) is 7.02. The van der Waals surface area contributed by atoms with Gasteiger partial charge in [-0.3, -0.25) is 9.98 Å². The van der Waals surface area contributed by atoms with Crippen LogP contribution in [-0.4, -0.2) is 60.8 Å². The molecule has 2 aromatic heterocycles. The Balaban J connectivity index is 1.39. The quantitative estimate of drug-likeness (QED) is 0.786. The molecule has 3 aliphatic rings. The first-order valence-electron chi connectivity index (χ1n) is 9.69. The van der Waals surface area contributed by atoms with E-state index in [-0.39, 0.29) is 0 Å². The minimum atomic E-state index is -3.13. The van der Waals surface area contributed by atoms with Crippen LogP contribution >= 0.6 is 0 Å². The zero-order valence-electron chi connectivity index (χ0n) is 15.9. The molecular formula is C20H23N5O2S. The zero-order valence-corrected chi connectivity index (χ0v) is 16.7. The third-order valence-electron chi connectivity index (χ3n) is 5.72. The van der Waals surface area contributed by atoms with E-state index in [1.807, 2.05) is 18.5 Å². The first-order chi connectivity index (χ1) is 13.5. The predicted molar refractivity (Wildman–Crippen MR) is 108 cm³/mol. The van der Waals surface area contributed by atoms with Gasteiger partial charge in [0.1, 0.15) is 5.82 Å². The third kappa shape index (κ3) is 3.31. The first-order valence-corrected chi connectivity index (χ1v) is 11.5. The highest BCUT2D eigenvalue weighted by molar-refractivity contribution is 7.88. The number of hydrogen-bond donors (Lipinski definition) is 0. The number of anilines is 1. The number of aliphatic imine (C=N–C) groups is 1. The maximum atomic E-state index is 11.7. The van der Waals surface area contributed by atoms with Crippen LogP contribution in [0.5, 0.6) is 0 Å². The average molecular weight is 398 g/mol. The molecule has 4 heterocycles. The Bertz CT molecular complexity index is 1050. The maximum Gasteiger partial charge on any atom is 0.211 e. The fraction of sp³-hybridized carbons (Fsp3) is 0.450. The Labute approximate surface area is 165 Å². The molecule has 2 aromatic rings. The van der Waals surface area contributed by atoms with Crippen LogP contribution in [0.4, 0.5) is 5.82 Å². The van der Waals surface area contributed by atoms with E-state index in [9.17, 15) is 8.42 Å². The van der Waals surface area contributed by atoms with Crippen molar-refractivity contribution in [3.8, 4) is 0 Å². The van der Waals surface area contributed by atoms with Gasteiger partial charge >= 0.3 is 0 Å². The topological polar surface area (TPSA) is 78.8 Å². The number of piperazine rings is 1. The molecule has 0 radical (unpaired) electrons. The molecule has 0 atom stereocenters. The van der Waals surface area contributed by atoms with Crippen LogP contribution in [0.1, 0.15) is 41.1 Å². The highest BCUT2D eigenvalue weighted by Gasteiger charge is 2.28. The van der Waals surface area contributed by atoms with Crippen LogP contribution in [0.2, 0.25) is 0 Å². The van der Waals surface area contributed by atoms with Gasteiger partial charge in [-0.15, -0.1) is 0 Å². The van der Waals surface area contributed by atoms with E-state index in [0.29, 0.717) is 38.6 Å². The summed E-state index contributed by atoms with van der Waals surface area (Å²) in [6, 6.07) is 6.28. The molecule has 0 N–H and O–H groups in total. The van der Waals surface area contributed by atoms with E-state index in [1.165, 1.54) is 40.2 Å². The summed E-state index contributed by atoms with van der Waals surface area (Å²) in [5, 5.41) is 0. The van der Waals surface area contributed by atoms with Gasteiger partial charge in [-0.05, 0) is 31.0 Å². The molecular weight excluding hydrogens is 374 g/mol. The summed E-state index contributed by atoms with van der Waals surface area (Å²) in [6.07, 6.45) is 7.53. The van der Waals surface area contributed by atoms with E-state index >= 15 is 0 Å². The van der Waals surface area contributed by atoms with Crippen LogP contribution in [-0.2, 0) is 16.6 Å². The molecule has 1 saturated carbocycles. The molecule has 2 fully saturated rings. The minimum absolute atomic E-state index is 0.491. The smallest absolute Gasteiger partial charge is 0.211 e. The van der Waals surface area contributed by atoms with Gasteiger partial charge in [-0.1, -0.05) is 0 Å². The van der Waals surface area contributed by atoms with Gasteiger partial charge < -0.3 is 4.90 Å². The van der Waals surface area contributed by atoms with Crippen molar-refractivity contribution in [1.82, 2.24) is 14.3 Å². The van der Waals surface area contributed by atoms with Crippen molar-refractivity contribution in [3.05, 3.63) is 53.0 Å². The lowest BCUT2D eigenvalue weighted by Crippen LogP contribution is -2.48. The lowest BCUT2D eigenvalue weighted by molar-refractivity contribution is 0.387. The fourth-order valence-corrected chi connectivity index (χ4v) is 4.76. The van der Waals surface area contributed by atoms with Gasteiger partial charge in [0.05, 0.1) is 18.5 Å². The Morgan fingerprint density at radius 2 is 1.86 bits per heavy atom. The van der Waals surface area contributed by atoms with E-state index in [0.717, 1.165) is 17.1 Å². The van der Waals surface area contributed by atoms with Crippen molar-refractivity contribution in [2.24, 2.45) is 4.99 Å². The molecule has 0 spiro atoms. The second kappa shape index (κ2) is 6.63. The molecule has 0 bridgehead atoms. The number of sulfonamides is 1. The van der Waals surface area contributed by atoms with Crippen LogP contribution < -0.4 is 4.90 Å².